The molecule has 108 valence electrons. The minimum atomic E-state index is -0.536. The van der Waals surface area contributed by atoms with Gasteiger partial charge in [-0.2, -0.15) is 5.26 Å². The smallest absolute Gasteiger partial charge is 0.241 e. The Bertz CT molecular complexity index is 714. The van der Waals surface area contributed by atoms with Crippen LogP contribution >= 0.6 is 0 Å². The van der Waals surface area contributed by atoms with E-state index in [1.54, 1.807) is 12.3 Å². The van der Waals surface area contributed by atoms with E-state index in [9.17, 15) is 4.79 Å². The summed E-state index contributed by atoms with van der Waals surface area (Å²) in [6.07, 6.45) is 6.35. The van der Waals surface area contributed by atoms with Crippen molar-refractivity contribution in [1.82, 2.24) is 15.0 Å². The van der Waals surface area contributed by atoms with Gasteiger partial charge >= 0.3 is 0 Å². The summed E-state index contributed by atoms with van der Waals surface area (Å²) in [7, 11) is 0. The molecule has 7 heteroatoms. The quantitative estimate of drug-likeness (QED) is 0.777. The summed E-state index contributed by atoms with van der Waals surface area (Å²) >= 11 is 0. The first-order chi connectivity index (χ1) is 10.1. The van der Waals surface area contributed by atoms with Gasteiger partial charge < -0.3 is 15.5 Å². The zero-order valence-electron chi connectivity index (χ0n) is 11.5. The number of hydrogen-bond acceptors (Lipinski definition) is 5. The first kappa shape index (κ1) is 14.5. The lowest BCUT2D eigenvalue weighted by molar-refractivity contribution is -0.113. The Hall–Kier alpha value is -2.88. The molecule has 0 saturated carbocycles. The molecule has 1 amide bonds. The monoisotopic (exact) mass is 285 g/mol. The summed E-state index contributed by atoms with van der Waals surface area (Å²) in [6, 6.07) is 2.10. The molecule has 0 aliphatic carbocycles. The van der Waals surface area contributed by atoms with Crippen LogP contribution in [-0.4, -0.2) is 27.5 Å². The predicted octanol–water partition coefficient (Wildman–Crippen LogP) is 1.38. The zero-order chi connectivity index (χ0) is 15.2. The predicted molar refractivity (Wildman–Crippen MR) is 77.0 cm³/mol. The number of carbonyl (C=O) groups is 1. The lowest BCUT2D eigenvalue weighted by Crippen LogP contribution is -2.09. The fourth-order valence-electron chi connectivity index (χ4n) is 1.81. The van der Waals surface area contributed by atoms with Crippen molar-refractivity contribution >= 4 is 23.0 Å². The van der Waals surface area contributed by atoms with E-state index in [-0.39, 0.29) is 5.92 Å². The molecule has 0 bridgehead atoms. The standard InChI is InChI=1S/C14H15N5O2/c1-9(4-5-15)7-21-14-12-10(2-3-11(16)20)6-17-13(12)18-8-19-14/h2-3,6,8-9H,4,7H2,1H3,(H2,16,20)(H,17,18,19). The SMILES string of the molecule is CC(CC#N)COc1ncnc2[nH]cc(C=CC(N)=O)c12. The molecule has 0 aliphatic rings. The number of H-pyrrole nitrogens is 1. The Kier molecular flexibility index (Phi) is 4.51. The second-order valence-corrected chi connectivity index (χ2v) is 4.66. The Balaban J connectivity index is 2.29. The average molecular weight is 285 g/mol. The van der Waals surface area contributed by atoms with E-state index in [1.807, 2.05) is 6.92 Å². The second kappa shape index (κ2) is 6.52. The first-order valence-corrected chi connectivity index (χ1v) is 6.41. The fraction of sp³-hybridized carbons (Fsp3) is 0.286. The maximum absolute atomic E-state index is 10.8. The van der Waals surface area contributed by atoms with Crippen molar-refractivity contribution in [3.8, 4) is 11.9 Å². The van der Waals surface area contributed by atoms with Crippen LogP contribution in [0.5, 0.6) is 5.88 Å². The number of nitrogens with one attached hydrogen (secondary N) is 1. The number of aromatic nitrogens is 3. The van der Waals surface area contributed by atoms with Gasteiger partial charge in [-0.25, -0.2) is 9.97 Å². The van der Waals surface area contributed by atoms with Crippen LogP contribution < -0.4 is 10.5 Å². The van der Waals surface area contributed by atoms with Gasteiger partial charge in [-0.05, 0) is 6.08 Å². The van der Waals surface area contributed by atoms with Crippen LogP contribution in [0.15, 0.2) is 18.6 Å². The highest BCUT2D eigenvalue weighted by Gasteiger charge is 2.12. The largest absolute Gasteiger partial charge is 0.477 e. The van der Waals surface area contributed by atoms with Gasteiger partial charge in [0.25, 0.3) is 0 Å². The molecule has 2 heterocycles. The van der Waals surface area contributed by atoms with Crippen molar-refractivity contribution in [2.45, 2.75) is 13.3 Å². The maximum Gasteiger partial charge on any atom is 0.241 e. The molecular weight excluding hydrogens is 270 g/mol. The van der Waals surface area contributed by atoms with E-state index in [0.717, 1.165) is 0 Å². The molecule has 0 fully saturated rings. The van der Waals surface area contributed by atoms with E-state index in [0.29, 0.717) is 35.5 Å². The molecule has 21 heavy (non-hydrogen) atoms. The van der Waals surface area contributed by atoms with Gasteiger partial charge in [-0.1, -0.05) is 6.92 Å². The van der Waals surface area contributed by atoms with E-state index in [2.05, 4.69) is 21.0 Å². The van der Waals surface area contributed by atoms with Crippen LogP contribution in [-0.2, 0) is 4.79 Å². The topological polar surface area (TPSA) is 118 Å². The Labute approximate surface area is 121 Å². The summed E-state index contributed by atoms with van der Waals surface area (Å²) in [5.41, 5.74) is 6.42. The number of ether oxygens (including phenoxy) is 1. The Morgan fingerprint density at radius 2 is 2.43 bits per heavy atom. The van der Waals surface area contributed by atoms with Crippen LogP contribution in [0.3, 0.4) is 0 Å². The summed E-state index contributed by atoms with van der Waals surface area (Å²) in [4.78, 5) is 22.0. The molecular formula is C14H15N5O2. The van der Waals surface area contributed by atoms with E-state index in [1.165, 1.54) is 12.4 Å². The van der Waals surface area contributed by atoms with Crippen molar-refractivity contribution in [3.05, 3.63) is 24.2 Å². The second-order valence-electron chi connectivity index (χ2n) is 4.66. The average Bonchev–Trinajstić information content (AvgIpc) is 2.87. The van der Waals surface area contributed by atoms with Crippen LogP contribution in [0.2, 0.25) is 0 Å². The molecule has 3 N–H and O–H groups in total. The number of aromatic amines is 1. The molecule has 2 rings (SSSR count). The number of amides is 1. The molecule has 1 unspecified atom stereocenters. The molecule has 2 aromatic heterocycles. The van der Waals surface area contributed by atoms with Gasteiger partial charge in [-0.3, -0.25) is 4.79 Å². The van der Waals surface area contributed by atoms with Crippen LogP contribution in [0.25, 0.3) is 17.1 Å². The fourth-order valence-corrected chi connectivity index (χ4v) is 1.81. The summed E-state index contributed by atoms with van der Waals surface area (Å²) in [5, 5.41) is 9.33. The maximum atomic E-state index is 10.8. The molecule has 1 atom stereocenters. The highest BCUT2D eigenvalue weighted by atomic mass is 16.5. The number of nitrogens with two attached hydrogens (primary N) is 1. The summed E-state index contributed by atoms with van der Waals surface area (Å²) in [5.74, 6) is -0.0231. The highest BCUT2D eigenvalue weighted by molar-refractivity contribution is 5.96. The molecule has 0 aromatic carbocycles. The van der Waals surface area contributed by atoms with E-state index >= 15 is 0 Å². The van der Waals surface area contributed by atoms with E-state index in [4.69, 9.17) is 15.7 Å². The first-order valence-electron chi connectivity index (χ1n) is 6.41. The van der Waals surface area contributed by atoms with Gasteiger partial charge in [0.05, 0.1) is 18.1 Å². The third-order valence-electron chi connectivity index (χ3n) is 2.84. The van der Waals surface area contributed by atoms with Gasteiger partial charge in [0.1, 0.15) is 12.0 Å². The van der Waals surface area contributed by atoms with Crippen molar-refractivity contribution in [2.24, 2.45) is 11.7 Å². The molecule has 0 aliphatic heterocycles. The minimum Gasteiger partial charge on any atom is -0.477 e. The summed E-state index contributed by atoms with van der Waals surface area (Å²) in [6.45, 7) is 2.30. The number of hydrogen-bond donors (Lipinski definition) is 2. The van der Waals surface area contributed by atoms with Crippen LogP contribution in [0.1, 0.15) is 18.9 Å². The lowest BCUT2D eigenvalue weighted by Gasteiger charge is -2.10. The number of fused-ring (bicyclic) bond motifs is 1. The zero-order valence-corrected chi connectivity index (χ0v) is 11.5. The third-order valence-corrected chi connectivity index (χ3v) is 2.84. The Morgan fingerprint density at radius 1 is 1.62 bits per heavy atom. The molecule has 2 aromatic rings. The van der Waals surface area contributed by atoms with Gasteiger partial charge in [0, 0.05) is 30.2 Å². The normalized spacial score (nSPS) is 12.4. The number of nitriles is 1. The third kappa shape index (κ3) is 3.57. The van der Waals surface area contributed by atoms with Crippen molar-refractivity contribution in [3.63, 3.8) is 0 Å². The van der Waals surface area contributed by atoms with Crippen LogP contribution in [0, 0.1) is 17.2 Å². The summed E-state index contributed by atoms with van der Waals surface area (Å²) < 4.78 is 5.67. The molecule has 0 saturated heterocycles. The lowest BCUT2D eigenvalue weighted by atomic mass is 10.1. The van der Waals surface area contributed by atoms with Gasteiger partial charge in [-0.15, -0.1) is 0 Å². The van der Waals surface area contributed by atoms with Gasteiger partial charge in [0.2, 0.25) is 11.8 Å². The van der Waals surface area contributed by atoms with E-state index < -0.39 is 5.91 Å². The molecule has 0 radical (unpaired) electrons. The van der Waals surface area contributed by atoms with Crippen molar-refractivity contribution in [1.29, 1.82) is 5.26 Å². The Morgan fingerprint density at radius 3 is 3.14 bits per heavy atom. The van der Waals surface area contributed by atoms with Crippen LogP contribution in [0.4, 0.5) is 0 Å². The number of carbonyl (C=O) groups excluding carboxylic acids is 1. The molecule has 0 spiro atoms. The highest BCUT2D eigenvalue weighted by Crippen LogP contribution is 2.26. The van der Waals surface area contributed by atoms with Gasteiger partial charge in [0.15, 0.2) is 0 Å². The van der Waals surface area contributed by atoms with Crippen molar-refractivity contribution in [2.75, 3.05) is 6.61 Å². The number of nitrogens with zero attached hydrogens (tertiary/aromatic N) is 3. The number of primary amides is 1. The van der Waals surface area contributed by atoms with Crippen molar-refractivity contribution < 1.29 is 9.53 Å². The minimum absolute atomic E-state index is 0.101. The number of rotatable bonds is 6. The molecule has 7 nitrogen and oxygen atoms in total.